The first kappa shape index (κ1) is 52.4. The Kier molecular flexibility index (Phi) is 21.7. The molecular weight excluding hydrogens is 941 g/mol. The lowest BCUT2D eigenvalue weighted by Crippen LogP contribution is -2.67. The topological polar surface area (TPSA) is 127 Å². The number of aromatic nitrogens is 3. The average Bonchev–Trinajstić information content (AvgIpc) is 3.97. The Labute approximate surface area is 392 Å². The zero-order chi connectivity index (χ0) is 44.8. The second-order valence-electron chi connectivity index (χ2n) is 15.4. The third-order valence-electron chi connectivity index (χ3n) is 10.1. The van der Waals surface area contributed by atoms with Crippen molar-refractivity contribution >= 4 is 176 Å². The third kappa shape index (κ3) is 16.3. The number of nitrogens with zero attached hydrogens (tertiary/aromatic N) is 5. The van der Waals surface area contributed by atoms with E-state index in [9.17, 15) is 14.4 Å². The number of hydrogen-bond acceptors (Lipinski definition) is 8. The zero-order valence-electron chi connectivity index (χ0n) is 34.5. The van der Waals surface area contributed by atoms with Gasteiger partial charge in [0.05, 0.1) is 35.0 Å². The Bertz CT molecular complexity index is 1830. The first-order chi connectivity index (χ1) is 28.1. The molecule has 4 aliphatic rings. The maximum atomic E-state index is 11.8. The zero-order valence-corrected chi connectivity index (χ0v) is 39.2. The Morgan fingerprint density at radius 3 is 1.40 bits per heavy atom. The standard InChI is InChI=1S/C15H21BN2O3.C9H9BrN2O.C5H3Br2N.C4H7NO.B12/c1-14(2)15(3,4)21-16(20-14)11-8-12(10-17-9-11)18-7-5-6-13(18)19;10-7-4-8(6-11-5-7)12-3-1-2-9(12)13;6-4-1-5(7)3-8-2-4;6-4-2-1-3-5-4;1-8(2)11(7)12(9(3)4)10(5)6/h8-10H,5-7H2,1-4H3;4-6H,1-3H2;1-3H;1-3H2,(H,5,6);. The quantitative estimate of drug-likeness (QED) is 0.353. The lowest BCUT2D eigenvalue weighted by atomic mass is 8.53. The Balaban J connectivity index is 0.000000214. The van der Waals surface area contributed by atoms with Gasteiger partial charge in [0.2, 0.25) is 17.7 Å². The number of halogens is 3. The molecule has 0 saturated carbocycles. The van der Waals surface area contributed by atoms with E-state index < -0.39 is 39.0 Å². The monoisotopic (exact) mass is 980 g/mol. The molecule has 0 aliphatic carbocycles. The van der Waals surface area contributed by atoms with Crippen LogP contribution in [0.3, 0.4) is 0 Å². The summed E-state index contributed by atoms with van der Waals surface area (Å²) in [5.41, 5.74) is 1.81. The van der Waals surface area contributed by atoms with E-state index in [0.717, 1.165) is 75.6 Å². The van der Waals surface area contributed by atoms with Crippen LogP contribution < -0.4 is 20.6 Å². The molecule has 0 spiro atoms. The molecule has 60 heavy (non-hydrogen) atoms. The summed E-state index contributed by atoms with van der Waals surface area (Å²) in [5.74, 6) is 0.553. The fourth-order valence-corrected chi connectivity index (χ4v) is 7.46. The molecule has 292 valence electrons. The van der Waals surface area contributed by atoms with Crippen molar-refractivity contribution in [3.8, 4) is 0 Å². The molecule has 0 atom stereocenters. The van der Waals surface area contributed by atoms with Crippen molar-refractivity contribution in [2.75, 3.05) is 29.4 Å². The molecule has 3 aromatic heterocycles. The van der Waals surface area contributed by atoms with E-state index >= 15 is 0 Å². The summed E-state index contributed by atoms with van der Waals surface area (Å²) in [5, 5.41) is 2.68. The van der Waals surface area contributed by atoms with Crippen LogP contribution in [0.1, 0.15) is 66.2 Å². The summed E-state index contributed by atoms with van der Waals surface area (Å²) < 4.78 is 14.9. The number of carbonyl (C=O) groups excluding carboxylic acids is 3. The molecule has 0 aromatic carbocycles. The summed E-state index contributed by atoms with van der Waals surface area (Å²) in [4.78, 5) is 49.1. The van der Waals surface area contributed by atoms with Crippen LogP contribution in [-0.2, 0) is 23.7 Å². The van der Waals surface area contributed by atoms with E-state index in [1.165, 1.54) is 0 Å². The fourth-order valence-electron chi connectivity index (χ4n) is 6.07. The SMILES string of the molecule is Brc1cncc(Br)c1.CC1(C)OB(c2cncc(N3CCCC3=O)c2)OC1(C)C.O=C1CCCN1.O=C1CCCN1c1cncc(Br)c1.[B]B([B])B([B])B(B([B])[B])B([B])[B]. The molecule has 4 saturated heterocycles. The van der Waals surface area contributed by atoms with Gasteiger partial charge in [0, 0.05) is 169 Å². The van der Waals surface area contributed by atoms with Crippen LogP contribution in [0.2, 0.25) is 0 Å². The van der Waals surface area contributed by atoms with Crippen LogP contribution >= 0.6 is 47.8 Å². The molecule has 7 heterocycles. The number of carbonyl (C=O) groups is 3. The van der Waals surface area contributed by atoms with E-state index in [1.807, 2.05) is 45.9 Å². The molecule has 3 aromatic rings. The molecule has 3 amide bonds. The van der Waals surface area contributed by atoms with Gasteiger partial charge in [-0.2, -0.15) is 0 Å². The molecule has 4 aliphatic heterocycles. The molecule has 11 nitrogen and oxygen atoms in total. The Morgan fingerprint density at radius 2 is 1.08 bits per heavy atom. The van der Waals surface area contributed by atoms with Gasteiger partial charge in [-0.15, -0.1) is 0 Å². The van der Waals surface area contributed by atoms with Crippen molar-refractivity contribution in [1.29, 1.82) is 0 Å². The van der Waals surface area contributed by atoms with E-state index in [2.05, 4.69) is 68.1 Å². The fraction of sp³-hybridized carbons (Fsp3) is 0.455. The minimum atomic E-state index is -0.723. The predicted molar refractivity (Wildman–Crippen MR) is 266 cm³/mol. The van der Waals surface area contributed by atoms with Gasteiger partial charge in [0.15, 0.2) is 0 Å². The highest BCUT2D eigenvalue weighted by Gasteiger charge is 2.52. The predicted octanol–water partition coefficient (Wildman–Crippen LogP) is 1.41. The van der Waals surface area contributed by atoms with Crippen molar-refractivity contribution in [2.45, 2.75) is 77.4 Å². The lowest BCUT2D eigenvalue weighted by molar-refractivity contribution is -0.119. The van der Waals surface area contributed by atoms with Gasteiger partial charge in [-0.05, 0) is 113 Å². The largest absolute Gasteiger partial charge is 0.496 e. The summed E-state index contributed by atoms with van der Waals surface area (Å²) in [6.07, 6.45) is 12.0. The van der Waals surface area contributed by atoms with Crippen LogP contribution in [-0.4, -0.2) is 157 Å². The number of anilines is 2. The minimum Gasteiger partial charge on any atom is -0.399 e. The molecule has 7 rings (SSSR count). The Morgan fingerprint density at radius 1 is 0.633 bits per heavy atom. The number of nitrogens with one attached hydrogen (secondary N) is 1. The molecule has 4 fully saturated rings. The molecule has 0 bridgehead atoms. The van der Waals surface area contributed by atoms with Gasteiger partial charge in [0.1, 0.15) is 0 Å². The average molecular weight is 981 g/mol. The van der Waals surface area contributed by atoms with Gasteiger partial charge in [-0.1, -0.05) is 0 Å². The summed E-state index contributed by atoms with van der Waals surface area (Å²) in [6.45, 7) is 10.5. The first-order valence-corrected chi connectivity index (χ1v) is 21.8. The normalized spacial score (nSPS) is 17.1. The number of rotatable bonds is 7. The molecule has 14 radical (unpaired) electrons. The highest BCUT2D eigenvalue weighted by Crippen LogP contribution is 2.36. The van der Waals surface area contributed by atoms with E-state index in [1.54, 1.807) is 47.0 Å². The lowest BCUT2D eigenvalue weighted by Gasteiger charge is -2.32. The van der Waals surface area contributed by atoms with Crippen molar-refractivity contribution in [3.63, 3.8) is 0 Å². The molecular formula is C33H40B13Br3N6O5. The van der Waals surface area contributed by atoms with Crippen LogP contribution in [0, 0.1) is 0 Å². The first-order valence-electron chi connectivity index (χ1n) is 19.5. The van der Waals surface area contributed by atoms with Gasteiger partial charge in [-0.3, -0.25) is 29.3 Å². The maximum Gasteiger partial charge on any atom is 0.496 e. The molecule has 0 unspecified atom stereocenters. The van der Waals surface area contributed by atoms with Crippen LogP contribution in [0.5, 0.6) is 0 Å². The third-order valence-corrected chi connectivity index (χ3v) is 11.4. The van der Waals surface area contributed by atoms with Crippen molar-refractivity contribution in [1.82, 2.24) is 20.3 Å². The summed E-state index contributed by atoms with van der Waals surface area (Å²) in [7, 11) is 37.4. The second-order valence-corrected chi connectivity index (χ2v) is 18.1. The second kappa shape index (κ2) is 24.8. The number of hydrogen-bond donors (Lipinski definition) is 1. The van der Waals surface area contributed by atoms with Gasteiger partial charge in [-0.25, -0.2) is 0 Å². The van der Waals surface area contributed by atoms with E-state index in [-0.39, 0.29) is 28.9 Å². The van der Waals surface area contributed by atoms with E-state index in [4.69, 9.17) is 63.5 Å². The smallest absolute Gasteiger partial charge is 0.399 e. The number of amides is 3. The van der Waals surface area contributed by atoms with Crippen LogP contribution in [0.15, 0.2) is 68.8 Å². The summed E-state index contributed by atoms with van der Waals surface area (Å²) >= 11 is 9.87. The number of pyridine rings is 3. The van der Waals surface area contributed by atoms with Gasteiger partial charge in [0.25, 0.3) is 0 Å². The van der Waals surface area contributed by atoms with E-state index in [0.29, 0.717) is 12.8 Å². The highest BCUT2D eigenvalue weighted by molar-refractivity contribution is 9.11. The summed E-state index contributed by atoms with van der Waals surface area (Å²) in [6, 6.07) is 5.79. The van der Waals surface area contributed by atoms with Crippen LogP contribution in [0.4, 0.5) is 11.4 Å². The molecule has 1 N–H and O–H groups in total. The van der Waals surface area contributed by atoms with Crippen LogP contribution in [0.25, 0.3) is 0 Å². The van der Waals surface area contributed by atoms with Crippen molar-refractivity contribution in [3.05, 3.63) is 68.8 Å². The molecule has 27 heteroatoms. The maximum absolute atomic E-state index is 11.8. The van der Waals surface area contributed by atoms with Crippen molar-refractivity contribution in [2.24, 2.45) is 0 Å². The highest BCUT2D eigenvalue weighted by atomic mass is 79.9. The van der Waals surface area contributed by atoms with Crippen molar-refractivity contribution < 1.29 is 23.7 Å². The van der Waals surface area contributed by atoms with Gasteiger partial charge >= 0.3 is 7.12 Å². The van der Waals surface area contributed by atoms with Gasteiger partial charge < -0.3 is 24.4 Å². The Hall–Kier alpha value is -1.94. The minimum absolute atomic E-state index is 0.155.